The Morgan fingerprint density at radius 2 is 1.76 bits per heavy atom. The van der Waals surface area contributed by atoms with Gasteiger partial charge in [0.15, 0.2) is 7.14 Å². The molecule has 0 aromatic heterocycles. The number of benzene rings is 2. The quantitative estimate of drug-likeness (QED) is 0.639. The van der Waals surface area contributed by atoms with E-state index < -0.39 is 5.97 Å². The van der Waals surface area contributed by atoms with Crippen LogP contribution in [0.15, 0.2) is 48.5 Å². The van der Waals surface area contributed by atoms with E-state index in [1.54, 1.807) is 18.2 Å². The molecule has 0 aliphatic heterocycles. The van der Waals surface area contributed by atoms with Gasteiger partial charge in [0.2, 0.25) is 0 Å². The maximum atomic E-state index is 10.8. The average molecular weight is 338 g/mol. The highest BCUT2D eigenvalue weighted by atomic mass is 127. The summed E-state index contributed by atoms with van der Waals surface area (Å²) in [5.74, 6) is -1.11. The zero-order chi connectivity index (χ0) is 12.3. The number of halogens is 1. The Kier molecular flexibility index (Phi) is 3.78. The number of hydrogen-bond donors (Lipinski definition) is 0. The molecule has 0 spiro atoms. The van der Waals surface area contributed by atoms with Gasteiger partial charge >= 0.3 is 21.2 Å². The van der Waals surface area contributed by atoms with Crippen LogP contribution in [0.25, 0.3) is 0 Å². The summed E-state index contributed by atoms with van der Waals surface area (Å²) >= 11 is -0.318. The van der Waals surface area contributed by atoms with Crippen LogP contribution in [0.1, 0.15) is 15.9 Å². The van der Waals surface area contributed by atoms with Crippen LogP contribution in [0, 0.1) is 14.1 Å². The van der Waals surface area contributed by atoms with E-state index >= 15 is 0 Å². The van der Waals surface area contributed by atoms with Crippen molar-refractivity contribution in [1.82, 2.24) is 0 Å². The van der Waals surface area contributed by atoms with E-state index in [9.17, 15) is 9.90 Å². The molecule has 0 atom stereocenters. The van der Waals surface area contributed by atoms with E-state index in [4.69, 9.17) is 0 Å². The maximum Gasteiger partial charge on any atom is 0.357 e. The molecular formula is C14H11IO2. The monoisotopic (exact) mass is 338 g/mol. The van der Waals surface area contributed by atoms with Crippen molar-refractivity contribution in [3.8, 4) is 0 Å². The summed E-state index contributed by atoms with van der Waals surface area (Å²) in [4.78, 5) is 10.8. The van der Waals surface area contributed by atoms with E-state index in [0.717, 1.165) is 3.57 Å². The van der Waals surface area contributed by atoms with Crippen molar-refractivity contribution in [1.29, 1.82) is 0 Å². The van der Waals surface area contributed by atoms with Crippen LogP contribution >= 0.6 is 0 Å². The van der Waals surface area contributed by atoms with Crippen LogP contribution < -0.4 is 26.3 Å². The minimum Gasteiger partial charge on any atom is -0.545 e. The largest absolute Gasteiger partial charge is 0.545 e. The van der Waals surface area contributed by atoms with Gasteiger partial charge in [-0.25, -0.2) is 0 Å². The molecule has 0 fully saturated rings. The minimum absolute atomic E-state index is 0.259. The lowest BCUT2D eigenvalue weighted by Crippen LogP contribution is -3.61. The third kappa shape index (κ3) is 3.30. The summed E-state index contributed by atoms with van der Waals surface area (Å²) in [6, 6.07) is 15.4. The second-order valence-electron chi connectivity index (χ2n) is 3.69. The van der Waals surface area contributed by atoms with Gasteiger partial charge < -0.3 is 9.90 Å². The first-order chi connectivity index (χ1) is 8.15. The molecule has 0 heterocycles. The SMILES string of the molecule is Cc1ccc([I+]c2cccc(C(=O)[O-])c2)cc1. The van der Waals surface area contributed by atoms with Gasteiger partial charge in [-0.1, -0.05) is 29.8 Å². The van der Waals surface area contributed by atoms with Gasteiger partial charge in [0, 0.05) is 11.6 Å². The molecule has 0 aliphatic carbocycles. The second-order valence-corrected chi connectivity index (χ2v) is 6.72. The normalized spacial score (nSPS) is 10.2. The van der Waals surface area contributed by atoms with Crippen molar-refractivity contribution in [3.05, 3.63) is 66.8 Å². The van der Waals surface area contributed by atoms with Gasteiger partial charge in [0.1, 0.15) is 0 Å². The Balaban J connectivity index is 2.21. The van der Waals surface area contributed by atoms with E-state index in [2.05, 4.69) is 31.2 Å². The predicted octanol–water partition coefficient (Wildman–Crippen LogP) is -1.51. The Morgan fingerprint density at radius 3 is 2.41 bits per heavy atom. The van der Waals surface area contributed by atoms with Crippen LogP contribution in [0.2, 0.25) is 0 Å². The highest BCUT2D eigenvalue weighted by Crippen LogP contribution is 1.97. The average Bonchev–Trinajstić information content (AvgIpc) is 2.32. The zero-order valence-electron chi connectivity index (χ0n) is 9.31. The standard InChI is InChI=1S/C14H11IO2/c1-10-5-7-12(8-6-10)15-13-4-2-3-11(9-13)14(16)17/h2-9H,1H3. The molecule has 0 N–H and O–H groups in total. The lowest BCUT2D eigenvalue weighted by Gasteiger charge is -1.99. The van der Waals surface area contributed by atoms with Crippen LogP contribution in [0.5, 0.6) is 0 Å². The minimum atomic E-state index is -1.11. The van der Waals surface area contributed by atoms with Crippen molar-refractivity contribution in [2.45, 2.75) is 6.92 Å². The van der Waals surface area contributed by atoms with E-state index in [-0.39, 0.29) is 26.8 Å². The van der Waals surface area contributed by atoms with Crippen molar-refractivity contribution < 1.29 is 31.1 Å². The summed E-state index contributed by atoms with van der Waals surface area (Å²) in [5.41, 5.74) is 1.50. The highest BCUT2D eigenvalue weighted by Gasteiger charge is 2.15. The summed E-state index contributed by atoms with van der Waals surface area (Å²) in [6.07, 6.45) is 0. The number of hydrogen-bond acceptors (Lipinski definition) is 2. The van der Waals surface area contributed by atoms with Crippen molar-refractivity contribution >= 4 is 5.97 Å². The molecule has 0 amide bonds. The van der Waals surface area contributed by atoms with E-state index in [1.807, 2.05) is 6.07 Å². The van der Waals surface area contributed by atoms with Gasteiger partial charge in [-0.2, -0.15) is 0 Å². The first-order valence-electron chi connectivity index (χ1n) is 5.18. The molecule has 0 saturated heterocycles. The second kappa shape index (κ2) is 5.31. The van der Waals surface area contributed by atoms with Gasteiger partial charge in [-0.05, 0) is 25.1 Å². The molecule has 17 heavy (non-hydrogen) atoms. The fourth-order valence-electron chi connectivity index (χ4n) is 1.40. The van der Waals surface area contributed by atoms with Crippen molar-refractivity contribution in [2.75, 3.05) is 0 Å². The lowest BCUT2D eigenvalue weighted by atomic mass is 10.2. The predicted molar refractivity (Wildman–Crippen MR) is 59.3 cm³/mol. The smallest absolute Gasteiger partial charge is 0.357 e. The summed E-state index contributed by atoms with van der Waals surface area (Å²) < 4.78 is 2.37. The molecule has 2 rings (SSSR count). The fraction of sp³-hybridized carbons (Fsp3) is 0.0714. The summed E-state index contributed by atoms with van der Waals surface area (Å²) in [5, 5.41) is 10.8. The topological polar surface area (TPSA) is 40.1 Å². The summed E-state index contributed by atoms with van der Waals surface area (Å²) in [7, 11) is 0. The maximum absolute atomic E-state index is 10.8. The summed E-state index contributed by atoms with van der Waals surface area (Å²) in [6.45, 7) is 2.05. The number of carboxylic acids is 1. The number of carbonyl (C=O) groups is 1. The molecule has 0 bridgehead atoms. The molecule has 0 unspecified atom stereocenters. The first-order valence-corrected chi connectivity index (χ1v) is 7.34. The van der Waals surface area contributed by atoms with E-state index in [1.165, 1.54) is 9.13 Å². The number of rotatable bonds is 3. The van der Waals surface area contributed by atoms with Crippen molar-refractivity contribution in [3.63, 3.8) is 0 Å². The van der Waals surface area contributed by atoms with Gasteiger partial charge in [0.05, 0.1) is 5.97 Å². The van der Waals surface area contributed by atoms with Crippen LogP contribution in [-0.4, -0.2) is 5.97 Å². The van der Waals surface area contributed by atoms with Gasteiger partial charge in [0.25, 0.3) is 0 Å². The molecule has 0 aliphatic rings. The van der Waals surface area contributed by atoms with Crippen LogP contribution in [0.4, 0.5) is 0 Å². The van der Waals surface area contributed by atoms with Crippen LogP contribution in [-0.2, 0) is 0 Å². The van der Waals surface area contributed by atoms with Crippen molar-refractivity contribution in [2.24, 2.45) is 0 Å². The third-order valence-corrected chi connectivity index (χ3v) is 4.93. The van der Waals surface area contributed by atoms with Crippen LogP contribution in [0.3, 0.4) is 0 Å². The Labute approximate surface area is 111 Å². The number of aryl methyl sites for hydroxylation is 1. The Bertz CT molecular complexity index is 532. The molecule has 2 nitrogen and oxygen atoms in total. The van der Waals surface area contributed by atoms with E-state index in [0.29, 0.717) is 0 Å². The molecule has 2 aromatic rings. The Morgan fingerprint density at radius 1 is 1.06 bits per heavy atom. The molecule has 3 heteroatoms. The number of carbonyl (C=O) groups excluding carboxylic acids is 1. The Hall–Kier alpha value is -1.36. The van der Waals surface area contributed by atoms with Gasteiger partial charge in [-0.15, -0.1) is 0 Å². The molecule has 0 saturated carbocycles. The van der Waals surface area contributed by atoms with Gasteiger partial charge in [-0.3, -0.25) is 0 Å². The zero-order valence-corrected chi connectivity index (χ0v) is 11.5. The first kappa shape index (κ1) is 12.1. The molecule has 86 valence electrons. The molecule has 2 aromatic carbocycles. The third-order valence-electron chi connectivity index (χ3n) is 2.29. The fourth-order valence-corrected chi connectivity index (χ4v) is 3.71. The number of carboxylic acid groups (broad SMARTS) is 1. The highest BCUT2D eigenvalue weighted by molar-refractivity contribution is 5.85. The number of aromatic carboxylic acids is 1. The lowest BCUT2D eigenvalue weighted by molar-refractivity contribution is -0.597. The molecular weight excluding hydrogens is 327 g/mol. The molecule has 0 radical (unpaired) electrons.